The van der Waals surface area contributed by atoms with Gasteiger partial charge in [-0.3, -0.25) is 0 Å². The van der Waals surface area contributed by atoms with Crippen LogP contribution in [-0.2, 0) is 9.47 Å². The molecule has 1 aliphatic heterocycles. The molecule has 0 aliphatic carbocycles. The highest BCUT2D eigenvalue weighted by Gasteiger charge is 2.30. The molecule has 0 spiro atoms. The van der Waals surface area contributed by atoms with Gasteiger partial charge in [0, 0.05) is 20.8 Å². The van der Waals surface area contributed by atoms with Gasteiger partial charge in [0.25, 0.3) is 0 Å². The molecule has 0 bridgehead atoms. The zero-order valence-corrected chi connectivity index (χ0v) is 9.99. The average molecular weight is 224 g/mol. The van der Waals surface area contributed by atoms with Crippen LogP contribution in [0.25, 0.3) is 0 Å². The van der Waals surface area contributed by atoms with E-state index in [1.54, 1.807) is 7.11 Å². The third-order valence-electron chi connectivity index (χ3n) is 2.93. The van der Waals surface area contributed by atoms with Gasteiger partial charge >= 0.3 is 0 Å². The van der Waals surface area contributed by atoms with Crippen LogP contribution in [-0.4, -0.2) is 39.5 Å². The number of nitrogens with one attached hydrogen (secondary N) is 1. The van der Waals surface area contributed by atoms with E-state index in [4.69, 9.17) is 9.47 Å². The highest BCUT2D eigenvalue weighted by atomic mass is 35.5. The van der Waals surface area contributed by atoms with Gasteiger partial charge in [0.1, 0.15) is 0 Å². The van der Waals surface area contributed by atoms with Crippen LogP contribution in [0.15, 0.2) is 0 Å². The molecule has 0 atom stereocenters. The molecule has 0 radical (unpaired) electrons. The van der Waals surface area contributed by atoms with Crippen LogP contribution in [0.5, 0.6) is 0 Å². The Morgan fingerprint density at radius 1 is 1.21 bits per heavy atom. The lowest BCUT2D eigenvalue weighted by molar-refractivity contribution is -0.0448. The van der Waals surface area contributed by atoms with Crippen LogP contribution < -0.4 is 5.32 Å². The van der Waals surface area contributed by atoms with Gasteiger partial charge in [-0.1, -0.05) is 0 Å². The molecule has 0 saturated carbocycles. The van der Waals surface area contributed by atoms with Gasteiger partial charge in [-0.05, 0) is 38.8 Å². The summed E-state index contributed by atoms with van der Waals surface area (Å²) in [5, 5.41) is 3.35. The predicted molar refractivity (Wildman–Crippen MR) is 60.2 cm³/mol. The van der Waals surface area contributed by atoms with E-state index >= 15 is 0 Å². The summed E-state index contributed by atoms with van der Waals surface area (Å²) in [4.78, 5) is 0. The Morgan fingerprint density at radius 2 is 1.86 bits per heavy atom. The van der Waals surface area contributed by atoms with Gasteiger partial charge in [-0.2, -0.15) is 0 Å². The van der Waals surface area contributed by atoms with Crippen molar-refractivity contribution in [1.29, 1.82) is 0 Å². The normalized spacial score (nSPS) is 20.1. The zero-order chi connectivity index (χ0) is 9.57. The first-order valence-corrected chi connectivity index (χ1v) is 5.08. The standard InChI is InChI=1S/C10H21NO2.ClH/c1-12-9-3-4-10(13-2)5-7-11-8-6-10;/h11H,3-9H2,1-2H3;1H. The molecule has 0 aromatic heterocycles. The largest absolute Gasteiger partial charge is 0.385 e. The number of rotatable bonds is 5. The highest BCUT2D eigenvalue weighted by Crippen LogP contribution is 2.27. The molecule has 3 nitrogen and oxygen atoms in total. The van der Waals surface area contributed by atoms with E-state index in [9.17, 15) is 0 Å². The van der Waals surface area contributed by atoms with Crippen molar-refractivity contribution in [1.82, 2.24) is 5.32 Å². The summed E-state index contributed by atoms with van der Waals surface area (Å²) in [6.45, 7) is 3.01. The number of hydrogen-bond acceptors (Lipinski definition) is 3. The summed E-state index contributed by atoms with van der Waals surface area (Å²) < 4.78 is 10.7. The molecule has 1 heterocycles. The van der Waals surface area contributed by atoms with Gasteiger partial charge in [0.2, 0.25) is 0 Å². The Balaban J connectivity index is 0.00000169. The van der Waals surface area contributed by atoms with Gasteiger partial charge < -0.3 is 14.8 Å². The van der Waals surface area contributed by atoms with Crippen LogP contribution >= 0.6 is 12.4 Å². The third kappa shape index (κ3) is 4.13. The van der Waals surface area contributed by atoms with Crippen LogP contribution in [0.1, 0.15) is 25.7 Å². The topological polar surface area (TPSA) is 30.5 Å². The van der Waals surface area contributed by atoms with E-state index in [0.29, 0.717) is 0 Å². The smallest absolute Gasteiger partial charge is 0.0703 e. The number of halogens is 1. The second-order valence-corrected chi connectivity index (χ2v) is 3.73. The van der Waals surface area contributed by atoms with Crippen LogP contribution in [0.3, 0.4) is 0 Å². The first-order chi connectivity index (χ1) is 6.33. The quantitative estimate of drug-likeness (QED) is 0.719. The summed E-state index contributed by atoms with van der Waals surface area (Å²) in [5.41, 5.74) is 0.129. The van der Waals surface area contributed by atoms with Crippen molar-refractivity contribution < 1.29 is 9.47 Å². The van der Waals surface area contributed by atoms with Crippen molar-refractivity contribution in [2.45, 2.75) is 31.3 Å². The Hall–Kier alpha value is 0.170. The average Bonchev–Trinajstić information content (AvgIpc) is 2.20. The minimum atomic E-state index is 0. The lowest BCUT2D eigenvalue weighted by Crippen LogP contribution is -2.43. The Bertz CT molecular complexity index is 138. The first kappa shape index (κ1) is 14.2. The predicted octanol–water partition coefficient (Wildman–Crippen LogP) is 1.60. The maximum atomic E-state index is 5.63. The summed E-state index contributed by atoms with van der Waals surface area (Å²) in [6.07, 6.45) is 4.49. The van der Waals surface area contributed by atoms with E-state index in [0.717, 1.165) is 45.4 Å². The molecule has 4 heteroatoms. The van der Waals surface area contributed by atoms with Crippen molar-refractivity contribution in [2.24, 2.45) is 0 Å². The fraction of sp³-hybridized carbons (Fsp3) is 1.00. The van der Waals surface area contributed by atoms with Crippen molar-refractivity contribution in [3.05, 3.63) is 0 Å². The van der Waals surface area contributed by atoms with Crippen molar-refractivity contribution in [3.8, 4) is 0 Å². The molecule has 1 N–H and O–H groups in total. The van der Waals surface area contributed by atoms with Crippen molar-refractivity contribution >= 4 is 12.4 Å². The van der Waals surface area contributed by atoms with Crippen LogP contribution in [0.4, 0.5) is 0 Å². The molecule has 0 amide bonds. The first-order valence-electron chi connectivity index (χ1n) is 5.08. The molecule has 14 heavy (non-hydrogen) atoms. The van der Waals surface area contributed by atoms with E-state index in [2.05, 4.69) is 5.32 Å². The van der Waals surface area contributed by atoms with Crippen LogP contribution in [0, 0.1) is 0 Å². The number of hydrogen-bond donors (Lipinski definition) is 1. The Kier molecular flexibility index (Phi) is 7.55. The van der Waals surface area contributed by atoms with Gasteiger partial charge in [-0.15, -0.1) is 12.4 Å². The summed E-state index contributed by atoms with van der Waals surface area (Å²) in [7, 11) is 3.58. The maximum absolute atomic E-state index is 5.63. The molecule has 0 aromatic carbocycles. The minimum absolute atomic E-state index is 0. The molecule has 1 aliphatic rings. The fourth-order valence-corrected chi connectivity index (χ4v) is 1.98. The second kappa shape index (κ2) is 7.46. The number of methoxy groups -OCH3 is 2. The summed E-state index contributed by atoms with van der Waals surface area (Å²) >= 11 is 0. The van der Waals surface area contributed by atoms with E-state index < -0.39 is 0 Å². The zero-order valence-electron chi connectivity index (χ0n) is 9.17. The minimum Gasteiger partial charge on any atom is -0.385 e. The monoisotopic (exact) mass is 223 g/mol. The maximum Gasteiger partial charge on any atom is 0.0703 e. The SMILES string of the molecule is COCCCC1(OC)CCNCC1.Cl. The summed E-state index contributed by atoms with van der Waals surface area (Å²) in [6, 6.07) is 0. The number of ether oxygens (including phenoxy) is 2. The molecule has 1 fully saturated rings. The molecule has 0 unspecified atom stereocenters. The van der Waals surface area contributed by atoms with Gasteiger partial charge in [-0.25, -0.2) is 0 Å². The molecule has 1 saturated heterocycles. The van der Waals surface area contributed by atoms with Crippen molar-refractivity contribution in [3.63, 3.8) is 0 Å². The van der Waals surface area contributed by atoms with E-state index in [-0.39, 0.29) is 18.0 Å². The molecule has 0 aromatic rings. The Labute approximate surface area is 92.9 Å². The third-order valence-corrected chi connectivity index (χ3v) is 2.93. The fourth-order valence-electron chi connectivity index (χ4n) is 1.98. The lowest BCUT2D eigenvalue weighted by atomic mass is 9.87. The number of piperidine rings is 1. The van der Waals surface area contributed by atoms with Gasteiger partial charge in [0.05, 0.1) is 5.60 Å². The highest BCUT2D eigenvalue weighted by molar-refractivity contribution is 5.85. The van der Waals surface area contributed by atoms with E-state index in [1.807, 2.05) is 7.11 Å². The second-order valence-electron chi connectivity index (χ2n) is 3.73. The Morgan fingerprint density at radius 3 is 2.36 bits per heavy atom. The molecular formula is C10H22ClNO2. The molecule has 86 valence electrons. The summed E-state index contributed by atoms with van der Waals surface area (Å²) in [5.74, 6) is 0. The lowest BCUT2D eigenvalue weighted by Gasteiger charge is -2.36. The van der Waals surface area contributed by atoms with Crippen LogP contribution in [0.2, 0.25) is 0 Å². The molecular weight excluding hydrogens is 202 g/mol. The molecule has 1 rings (SSSR count). The van der Waals surface area contributed by atoms with E-state index in [1.165, 1.54) is 0 Å². The van der Waals surface area contributed by atoms with Crippen molar-refractivity contribution in [2.75, 3.05) is 33.9 Å². The van der Waals surface area contributed by atoms with Gasteiger partial charge in [0.15, 0.2) is 0 Å².